The van der Waals surface area contributed by atoms with Crippen molar-refractivity contribution in [1.29, 1.82) is 0 Å². The molecule has 1 aliphatic carbocycles. The smallest absolute Gasteiger partial charge is 0.408 e. The van der Waals surface area contributed by atoms with Crippen LogP contribution in [0.1, 0.15) is 54.4 Å². The fourth-order valence-electron chi connectivity index (χ4n) is 6.29. The quantitative estimate of drug-likeness (QED) is 0.248. The van der Waals surface area contributed by atoms with E-state index in [0.29, 0.717) is 29.1 Å². The van der Waals surface area contributed by atoms with Gasteiger partial charge in [0.15, 0.2) is 0 Å². The number of amides is 3. The van der Waals surface area contributed by atoms with Crippen LogP contribution >= 0.6 is 0 Å². The average molecular weight is 673 g/mol. The van der Waals surface area contributed by atoms with Gasteiger partial charge in [0.25, 0.3) is 0 Å². The van der Waals surface area contributed by atoms with Crippen molar-refractivity contribution in [3.63, 3.8) is 0 Å². The zero-order chi connectivity index (χ0) is 35.7. The first kappa shape index (κ1) is 35.7. The number of nitrogens with one attached hydrogen (secondary N) is 2. The zero-order valence-electron chi connectivity index (χ0n) is 29.4. The Kier molecular flexibility index (Phi) is 9.97. The first-order valence-corrected chi connectivity index (χ1v) is 16.6. The Labute approximate surface area is 288 Å². The molecule has 0 spiro atoms. The topological polar surface area (TPSA) is 139 Å². The van der Waals surface area contributed by atoms with Crippen LogP contribution < -0.4 is 20.1 Å². The summed E-state index contributed by atoms with van der Waals surface area (Å²) in [6.45, 7) is 14.4. The molecule has 2 fully saturated rings. The molecule has 0 radical (unpaired) electrons. The number of likely N-dealkylation sites (tertiary alicyclic amines) is 1. The van der Waals surface area contributed by atoms with Crippen LogP contribution in [0.5, 0.6) is 11.5 Å². The van der Waals surface area contributed by atoms with Crippen LogP contribution in [0.15, 0.2) is 67.3 Å². The van der Waals surface area contributed by atoms with Crippen LogP contribution in [0.2, 0.25) is 0 Å². The maximum absolute atomic E-state index is 14.4. The van der Waals surface area contributed by atoms with E-state index in [2.05, 4.69) is 17.2 Å². The van der Waals surface area contributed by atoms with Crippen LogP contribution in [0.3, 0.4) is 0 Å². The van der Waals surface area contributed by atoms with E-state index in [1.165, 1.54) is 4.90 Å². The molecule has 1 aromatic heterocycles. The zero-order valence-corrected chi connectivity index (χ0v) is 29.4. The molecule has 262 valence electrons. The summed E-state index contributed by atoms with van der Waals surface area (Å²) in [5, 5.41) is 16.7. The van der Waals surface area contributed by atoms with Crippen LogP contribution in [-0.2, 0) is 14.3 Å². The van der Waals surface area contributed by atoms with Gasteiger partial charge in [0.05, 0.1) is 37.0 Å². The van der Waals surface area contributed by atoms with E-state index in [1.54, 1.807) is 34.0 Å². The lowest BCUT2D eigenvalue weighted by Crippen LogP contribution is -2.59. The molecule has 2 aromatic carbocycles. The number of aromatic nitrogens is 1. The van der Waals surface area contributed by atoms with Gasteiger partial charge in [0.2, 0.25) is 11.8 Å². The predicted molar refractivity (Wildman–Crippen MR) is 187 cm³/mol. The lowest BCUT2D eigenvalue weighted by Gasteiger charge is -2.36. The van der Waals surface area contributed by atoms with Crippen LogP contribution in [0, 0.1) is 11.3 Å². The molecule has 11 nitrogen and oxygen atoms in total. The molecule has 0 bridgehead atoms. The number of methoxy groups -OCH3 is 1. The molecule has 49 heavy (non-hydrogen) atoms. The van der Waals surface area contributed by atoms with Crippen molar-refractivity contribution in [3.05, 3.63) is 67.3 Å². The fourth-order valence-corrected chi connectivity index (χ4v) is 6.29. The monoisotopic (exact) mass is 672 g/mol. The number of carbonyl (C=O) groups excluding carboxylic acids is 3. The Bertz CT molecular complexity index is 1710. The highest BCUT2D eigenvalue weighted by Gasteiger charge is 2.55. The SMILES string of the molecule is C=C[C@@H]1C[C@@]1(CO)NC(=O)[C@@H]1C[C@@H](Oc2cc(-c3ccccc3)nc3cc(OC)ccc23)CN1C(=O)[C@@H](NC(=O)OC(C)(C)C)C(C)(C)C. The van der Waals surface area contributed by atoms with Crippen molar-refractivity contribution in [3.8, 4) is 22.8 Å². The molecule has 1 saturated carbocycles. The van der Waals surface area contributed by atoms with Gasteiger partial charge in [0, 0.05) is 35.4 Å². The van der Waals surface area contributed by atoms with Gasteiger partial charge >= 0.3 is 6.09 Å². The molecule has 3 amide bonds. The summed E-state index contributed by atoms with van der Waals surface area (Å²) in [7, 11) is 1.59. The summed E-state index contributed by atoms with van der Waals surface area (Å²) < 4.78 is 17.6. The highest BCUT2D eigenvalue weighted by molar-refractivity contribution is 5.93. The summed E-state index contributed by atoms with van der Waals surface area (Å²) in [5.74, 6) is 0.272. The summed E-state index contributed by atoms with van der Waals surface area (Å²) in [6.07, 6.45) is 1.14. The largest absolute Gasteiger partial charge is 0.497 e. The number of aliphatic hydroxyl groups is 1. The van der Waals surface area contributed by atoms with Gasteiger partial charge in [-0.3, -0.25) is 9.59 Å². The van der Waals surface area contributed by atoms with Gasteiger partial charge in [-0.05, 0) is 44.7 Å². The second-order valence-corrected chi connectivity index (χ2v) is 15.0. The van der Waals surface area contributed by atoms with E-state index in [1.807, 2.05) is 75.4 Å². The summed E-state index contributed by atoms with van der Waals surface area (Å²) in [6, 6.07) is 15.2. The fraction of sp³-hybridized carbons (Fsp3) is 0.474. The summed E-state index contributed by atoms with van der Waals surface area (Å²) >= 11 is 0. The van der Waals surface area contributed by atoms with Crippen molar-refractivity contribution >= 4 is 28.8 Å². The second-order valence-electron chi connectivity index (χ2n) is 15.0. The number of ether oxygens (including phenoxy) is 3. The Morgan fingerprint density at radius 2 is 1.82 bits per heavy atom. The third kappa shape index (κ3) is 7.99. The Morgan fingerprint density at radius 3 is 2.41 bits per heavy atom. The minimum absolute atomic E-state index is 0.0770. The third-order valence-corrected chi connectivity index (χ3v) is 9.04. The van der Waals surface area contributed by atoms with Gasteiger partial charge in [-0.15, -0.1) is 6.58 Å². The standard InChI is InChI=1S/C38H48N4O7/c1-9-24-20-38(24,22-43)41-33(44)30-18-26(21-42(30)34(45)32(36(2,3)4)40-35(46)49-37(5,6)7)48-31-19-28(23-13-11-10-12-14-23)39-29-17-25(47-8)15-16-27(29)31/h9-17,19,24,26,30,32,43H,1,18,20-22H2,2-8H3,(H,40,46)(H,41,44)/t24-,26-,30+,32-,38+/m1/s1. The Balaban J connectivity index is 1.49. The summed E-state index contributed by atoms with van der Waals surface area (Å²) in [4.78, 5) is 47.7. The van der Waals surface area contributed by atoms with E-state index in [0.717, 1.165) is 10.9 Å². The molecule has 5 rings (SSSR count). The Hall–Kier alpha value is -4.64. The van der Waals surface area contributed by atoms with Crippen LogP contribution in [0.25, 0.3) is 22.2 Å². The van der Waals surface area contributed by atoms with Crippen molar-refractivity contribution in [2.75, 3.05) is 20.3 Å². The number of fused-ring (bicyclic) bond motifs is 1. The van der Waals surface area contributed by atoms with E-state index in [9.17, 15) is 19.5 Å². The number of nitrogens with zero attached hydrogens (tertiary/aromatic N) is 2. The molecular weight excluding hydrogens is 624 g/mol. The van der Waals surface area contributed by atoms with E-state index < -0.39 is 52.7 Å². The molecule has 0 unspecified atom stereocenters. The molecule has 2 heterocycles. The maximum Gasteiger partial charge on any atom is 0.408 e. The number of rotatable bonds is 10. The van der Waals surface area contributed by atoms with Gasteiger partial charge in [-0.2, -0.15) is 0 Å². The highest BCUT2D eigenvalue weighted by Crippen LogP contribution is 2.44. The van der Waals surface area contributed by atoms with Crippen LogP contribution in [0.4, 0.5) is 4.79 Å². The average Bonchev–Trinajstić information content (AvgIpc) is 3.59. The minimum atomic E-state index is -1.01. The normalized spacial score (nSPS) is 22.6. The molecule has 5 atom stereocenters. The van der Waals surface area contributed by atoms with E-state index in [-0.39, 0.29) is 25.5 Å². The lowest BCUT2D eigenvalue weighted by molar-refractivity contribution is -0.142. The third-order valence-electron chi connectivity index (χ3n) is 9.04. The van der Waals surface area contributed by atoms with Gasteiger partial charge < -0.3 is 34.9 Å². The summed E-state index contributed by atoms with van der Waals surface area (Å²) in [5.41, 5.74) is -0.0650. The second kappa shape index (κ2) is 13.7. The van der Waals surface area contributed by atoms with Crippen molar-refractivity contribution in [2.45, 2.75) is 83.7 Å². The highest BCUT2D eigenvalue weighted by atomic mass is 16.6. The molecule has 2 aliphatic rings. The lowest BCUT2D eigenvalue weighted by atomic mass is 9.85. The number of aliphatic hydroxyl groups excluding tert-OH is 1. The first-order valence-electron chi connectivity index (χ1n) is 16.6. The maximum atomic E-state index is 14.4. The number of hydrogen-bond acceptors (Lipinski definition) is 8. The van der Waals surface area contributed by atoms with Crippen molar-refractivity contribution in [2.24, 2.45) is 11.3 Å². The van der Waals surface area contributed by atoms with Crippen LogP contribution in [-0.4, -0.2) is 82.5 Å². The van der Waals surface area contributed by atoms with Gasteiger partial charge in [0.1, 0.15) is 35.3 Å². The molecule has 11 heteroatoms. The molecular formula is C38H48N4O7. The Morgan fingerprint density at radius 1 is 1.10 bits per heavy atom. The molecule has 3 N–H and O–H groups in total. The van der Waals surface area contributed by atoms with Crippen molar-refractivity contribution < 1.29 is 33.7 Å². The van der Waals surface area contributed by atoms with Gasteiger partial charge in [-0.25, -0.2) is 9.78 Å². The van der Waals surface area contributed by atoms with E-state index in [4.69, 9.17) is 19.2 Å². The number of carbonyl (C=O) groups is 3. The molecule has 1 aliphatic heterocycles. The van der Waals surface area contributed by atoms with Crippen molar-refractivity contribution in [1.82, 2.24) is 20.5 Å². The number of hydrogen-bond donors (Lipinski definition) is 3. The van der Waals surface area contributed by atoms with Gasteiger partial charge in [-0.1, -0.05) is 57.2 Å². The number of alkyl carbamates (subject to hydrolysis) is 1. The minimum Gasteiger partial charge on any atom is -0.497 e. The number of benzene rings is 2. The van der Waals surface area contributed by atoms with E-state index >= 15 is 0 Å². The first-order chi connectivity index (χ1) is 23.1. The predicted octanol–water partition coefficient (Wildman–Crippen LogP) is 5.25. The molecule has 3 aromatic rings. The number of pyridine rings is 1. The molecule has 1 saturated heterocycles.